The number of carbonyl (C=O) groups is 2. The number of hydrogen-bond acceptors (Lipinski definition) is 3. The highest BCUT2D eigenvalue weighted by atomic mass is 79.9. The summed E-state index contributed by atoms with van der Waals surface area (Å²) in [6.45, 7) is 1.61. The fourth-order valence-corrected chi connectivity index (χ4v) is 2.06. The second kappa shape index (κ2) is 3.45. The number of hydrogen-bond donors (Lipinski definition) is 0. The maximum absolute atomic E-state index is 11.6. The van der Waals surface area contributed by atoms with Gasteiger partial charge >= 0.3 is 5.97 Å². The van der Waals surface area contributed by atoms with E-state index in [1.165, 1.54) is 0 Å². The molecule has 1 aromatic carbocycles. The Balaban J connectivity index is 2.50. The van der Waals surface area contributed by atoms with Crippen LogP contribution >= 0.6 is 15.9 Å². The van der Waals surface area contributed by atoms with Gasteiger partial charge in [-0.3, -0.25) is 4.79 Å². The molecule has 15 heavy (non-hydrogen) atoms. The molecule has 1 aliphatic heterocycles. The fraction of sp³-hybridized carbons (Fsp3) is 0.273. The van der Waals surface area contributed by atoms with Gasteiger partial charge in [-0.2, -0.15) is 0 Å². The van der Waals surface area contributed by atoms with Gasteiger partial charge in [0, 0.05) is 10.9 Å². The Bertz CT molecular complexity index is 441. The van der Waals surface area contributed by atoms with Crippen LogP contribution in [0.5, 0.6) is 0 Å². The Morgan fingerprint density at radius 1 is 1.53 bits per heavy atom. The summed E-state index contributed by atoms with van der Waals surface area (Å²) in [6.07, 6.45) is 1.10. The van der Waals surface area contributed by atoms with Gasteiger partial charge in [0.2, 0.25) is 0 Å². The number of halogens is 1. The molecule has 1 heterocycles. The number of fused-ring (bicyclic) bond motifs is 1. The van der Waals surface area contributed by atoms with E-state index in [1.54, 1.807) is 19.1 Å². The van der Waals surface area contributed by atoms with E-state index in [-0.39, 0.29) is 0 Å². The molecule has 0 saturated heterocycles. The maximum atomic E-state index is 11.6. The van der Waals surface area contributed by atoms with Crippen molar-refractivity contribution in [2.75, 3.05) is 0 Å². The molecule has 78 valence electrons. The van der Waals surface area contributed by atoms with Crippen molar-refractivity contribution in [2.45, 2.75) is 18.9 Å². The summed E-state index contributed by atoms with van der Waals surface area (Å²) in [4.78, 5) is 22.4. The van der Waals surface area contributed by atoms with Crippen LogP contribution in [0.1, 0.15) is 22.8 Å². The quantitative estimate of drug-likeness (QED) is 0.579. The number of rotatable bonds is 1. The summed E-state index contributed by atoms with van der Waals surface area (Å²) < 4.78 is 5.96. The Kier molecular flexibility index (Phi) is 2.38. The third-order valence-corrected chi connectivity index (χ3v) is 2.90. The van der Waals surface area contributed by atoms with Crippen LogP contribution in [-0.2, 0) is 16.0 Å². The molecular weight excluding hydrogens is 260 g/mol. The van der Waals surface area contributed by atoms with E-state index >= 15 is 0 Å². The van der Waals surface area contributed by atoms with Gasteiger partial charge in [-0.05, 0) is 30.7 Å². The zero-order valence-corrected chi connectivity index (χ0v) is 9.71. The van der Waals surface area contributed by atoms with Crippen LogP contribution in [0.4, 0.5) is 0 Å². The monoisotopic (exact) mass is 268 g/mol. The highest BCUT2D eigenvalue weighted by Crippen LogP contribution is 2.28. The van der Waals surface area contributed by atoms with Crippen LogP contribution in [-0.4, -0.2) is 17.9 Å². The van der Waals surface area contributed by atoms with E-state index in [1.807, 2.05) is 6.07 Å². The summed E-state index contributed by atoms with van der Waals surface area (Å²) in [5.41, 5.74) is 0.359. The van der Waals surface area contributed by atoms with E-state index in [0.29, 0.717) is 18.3 Å². The summed E-state index contributed by atoms with van der Waals surface area (Å²) >= 11 is 3.33. The minimum absolute atomic E-state index is 0.428. The molecule has 0 N–H and O–H groups in total. The molecule has 1 aliphatic rings. The van der Waals surface area contributed by atoms with E-state index in [0.717, 1.165) is 10.0 Å². The molecule has 2 rings (SSSR count). The highest BCUT2D eigenvalue weighted by molar-refractivity contribution is 9.10. The summed E-state index contributed by atoms with van der Waals surface area (Å²) in [5, 5.41) is 0. The van der Waals surface area contributed by atoms with Gasteiger partial charge < -0.3 is 4.74 Å². The minimum Gasteiger partial charge on any atom is -0.448 e. The lowest BCUT2D eigenvalue weighted by atomic mass is 9.91. The van der Waals surface area contributed by atoms with Crippen molar-refractivity contribution < 1.29 is 14.3 Å². The van der Waals surface area contributed by atoms with Crippen molar-refractivity contribution in [3.8, 4) is 0 Å². The van der Waals surface area contributed by atoms with Gasteiger partial charge in [0.15, 0.2) is 11.9 Å². The zero-order chi connectivity index (χ0) is 11.1. The Morgan fingerprint density at radius 2 is 2.27 bits per heavy atom. The van der Waals surface area contributed by atoms with Gasteiger partial charge in [0.25, 0.3) is 0 Å². The number of carbonyl (C=O) groups excluding carboxylic acids is 2. The molecule has 0 saturated carbocycles. The molecular formula is C11H9BrO3. The van der Waals surface area contributed by atoms with Crippen LogP contribution in [0.25, 0.3) is 0 Å². The maximum Gasteiger partial charge on any atom is 0.339 e. The van der Waals surface area contributed by atoms with Crippen LogP contribution in [0.15, 0.2) is 22.7 Å². The molecule has 0 spiro atoms. The topological polar surface area (TPSA) is 43.4 Å². The second-order valence-electron chi connectivity index (χ2n) is 3.80. The molecule has 1 unspecified atom stereocenters. The lowest BCUT2D eigenvalue weighted by molar-refractivity contribution is -0.124. The predicted molar refractivity (Wildman–Crippen MR) is 57.7 cm³/mol. The van der Waals surface area contributed by atoms with Crippen molar-refractivity contribution in [3.05, 3.63) is 33.8 Å². The average molecular weight is 269 g/mol. The first-order valence-corrected chi connectivity index (χ1v) is 5.31. The molecule has 1 aromatic rings. The Labute approximate surface area is 95.6 Å². The third kappa shape index (κ3) is 1.81. The number of aldehydes is 1. The molecule has 0 aliphatic carbocycles. The van der Waals surface area contributed by atoms with Crippen molar-refractivity contribution in [1.29, 1.82) is 0 Å². The summed E-state index contributed by atoms with van der Waals surface area (Å²) in [7, 11) is 0. The lowest BCUT2D eigenvalue weighted by Gasteiger charge is -2.29. The summed E-state index contributed by atoms with van der Waals surface area (Å²) in [6, 6.07) is 5.33. The smallest absolute Gasteiger partial charge is 0.339 e. The van der Waals surface area contributed by atoms with E-state index in [2.05, 4.69) is 15.9 Å². The first-order valence-electron chi connectivity index (χ1n) is 4.52. The average Bonchev–Trinajstić information content (AvgIpc) is 2.16. The number of cyclic esters (lactones) is 1. The number of esters is 1. The molecule has 0 amide bonds. The lowest BCUT2D eigenvalue weighted by Crippen LogP contribution is -2.40. The zero-order valence-electron chi connectivity index (χ0n) is 8.12. The van der Waals surface area contributed by atoms with Crippen molar-refractivity contribution >= 4 is 28.2 Å². The first-order chi connectivity index (χ1) is 7.04. The molecule has 0 aromatic heterocycles. The molecule has 3 nitrogen and oxygen atoms in total. The van der Waals surface area contributed by atoms with Crippen LogP contribution in [0, 0.1) is 0 Å². The molecule has 0 fully saturated rings. The first kappa shape index (κ1) is 10.4. The molecule has 0 bridgehead atoms. The minimum atomic E-state index is -1.02. The number of ether oxygens (including phenoxy) is 1. The van der Waals surface area contributed by atoms with Crippen molar-refractivity contribution in [1.82, 2.24) is 0 Å². The Morgan fingerprint density at radius 3 is 2.93 bits per heavy atom. The Hall–Kier alpha value is -1.16. The van der Waals surface area contributed by atoms with E-state index < -0.39 is 11.6 Å². The largest absolute Gasteiger partial charge is 0.448 e. The van der Waals surface area contributed by atoms with Gasteiger partial charge in [-0.1, -0.05) is 15.9 Å². The fourth-order valence-electron chi connectivity index (χ4n) is 1.65. The van der Waals surface area contributed by atoms with Crippen molar-refractivity contribution in [2.24, 2.45) is 0 Å². The van der Waals surface area contributed by atoms with Crippen molar-refractivity contribution in [3.63, 3.8) is 0 Å². The summed E-state index contributed by atoms with van der Waals surface area (Å²) in [5.74, 6) is -0.432. The molecule has 0 radical (unpaired) electrons. The normalized spacial score (nSPS) is 24.3. The van der Waals surface area contributed by atoms with E-state index in [9.17, 15) is 9.59 Å². The van der Waals surface area contributed by atoms with Gasteiger partial charge in [-0.25, -0.2) is 4.79 Å². The van der Waals surface area contributed by atoms with Crippen LogP contribution < -0.4 is 0 Å². The second-order valence-corrected chi connectivity index (χ2v) is 4.71. The number of benzene rings is 1. The van der Waals surface area contributed by atoms with E-state index in [4.69, 9.17) is 4.74 Å². The predicted octanol–water partition coefficient (Wildman–Crippen LogP) is 2.12. The SMILES string of the molecule is CC1(C=O)Cc2cc(Br)ccc2C(=O)O1. The third-order valence-electron chi connectivity index (χ3n) is 2.40. The van der Waals surface area contributed by atoms with Crippen LogP contribution in [0.3, 0.4) is 0 Å². The van der Waals surface area contributed by atoms with Crippen LogP contribution in [0.2, 0.25) is 0 Å². The highest BCUT2D eigenvalue weighted by Gasteiger charge is 2.35. The van der Waals surface area contributed by atoms with Gasteiger partial charge in [0.05, 0.1) is 5.56 Å². The van der Waals surface area contributed by atoms with Gasteiger partial charge in [-0.15, -0.1) is 0 Å². The standard InChI is InChI=1S/C11H9BrO3/c1-11(6-13)5-7-4-8(12)2-3-9(7)10(14)15-11/h2-4,6H,5H2,1H3. The van der Waals surface area contributed by atoms with Gasteiger partial charge in [0.1, 0.15) is 0 Å². The molecule has 4 heteroatoms. The molecule has 1 atom stereocenters.